The molecule has 0 radical (unpaired) electrons. The molecule has 0 fully saturated rings. The monoisotopic (exact) mass is 317 g/mol. The van der Waals surface area contributed by atoms with Crippen molar-refractivity contribution in [1.82, 2.24) is 10.6 Å². The Morgan fingerprint density at radius 2 is 2.00 bits per heavy atom. The minimum absolute atomic E-state index is 0. The summed E-state index contributed by atoms with van der Waals surface area (Å²) in [5, 5.41) is 5.41. The van der Waals surface area contributed by atoms with Crippen molar-refractivity contribution in [1.29, 1.82) is 0 Å². The van der Waals surface area contributed by atoms with Crippen molar-refractivity contribution >= 4 is 24.2 Å². The van der Waals surface area contributed by atoms with Gasteiger partial charge in [-0.3, -0.25) is 9.59 Å². The van der Waals surface area contributed by atoms with Crippen LogP contribution >= 0.6 is 12.4 Å². The van der Waals surface area contributed by atoms with E-state index in [1.54, 1.807) is 12.1 Å². The van der Waals surface area contributed by atoms with Gasteiger partial charge in [-0.25, -0.2) is 0 Å². The van der Waals surface area contributed by atoms with E-state index in [1.165, 1.54) is 6.26 Å². The topological polar surface area (TPSA) is 97.4 Å². The number of nitrogens with two attached hydrogens (primary N) is 1. The Balaban J connectivity index is 0.00000400. The molecule has 1 aromatic heterocycles. The zero-order valence-electron chi connectivity index (χ0n) is 12.8. The molecular formula is C14H24ClN3O3. The molecule has 0 aliphatic carbocycles. The molecule has 0 saturated carbocycles. The molecule has 1 aromatic rings. The van der Waals surface area contributed by atoms with Gasteiger partial charge in [0.05, 0.1) is 6.26 Å². The number of hydrogen-bond donors (Lipinski definition) is 3. The molecule has 1 heterocycles. The number of furan rings is 1. The van der Waals surface area contributed by atoms with Gasteiger partial charge in [-0.2, -0.15) is 0 Å². The average molecular weight is 318 g/mol. The van der Waals surface area contributed by atoms with Crippen LogP contribution in [-0.2, 0) is 4.79 Å². The molecule has 0 aliphatic rings. The molecule has 0 saturated heterocycles. The van der Waals surface area contributed by atoms with Gasteiger partial charge in [0.25, 0.3) is 5.91 Å². The van der Waals surface area contributed by atoms with Gasteiger partial charge in [0.15, 0.2) is 5.76 Å². The normalized spacial score (nSPS) is 12.5. The first-order valence-corrected chi connectivity index (χ1v) is 6.61. The largest absolute Gasteiger partial charge is 0.459 e. The van der Waals surface area contributed by atoms with Crippen LogP contribution in [-0.4, -0.2) is 29.9 Å². The Morgan fingerprint density at radius 1 is 1.38 bits per heavy atom. The third-order valence-corrected chi connectivity index (χ3v) is 2.70. The van der Waals surface area contributed by atoms with E-state index in [2.05, 4.69) is 10.6 Å². The second-order valence-electron chi connectivity index (χ2n) is 5.88. The van der Waals surface area contributed by atoms with Crippen molar-refractivity contribution in [3.8, 4) is 0 Å². The van der Waals surface area contributed by atoms with E-state index in [1.807, 2.05) is 27.7 Å². The molecule has 0 bridgehead atoms. The van der Waals surface area contributed by atoms with Crippen LogP contribution in [0.25, 0.3) is 0 Å². The summed E-state index contributed by atoms with van der Waals surface area (Å²) >= 11 is 0. The Bertz CT molecular complexity index is 453. The zero-order valence-corrected chi connectivity index (χ0v) is 13.6. The molecule has 1 unspecified atom stereocenters. The fraction of sp³-hybridized carbons (Fsp3) is 0.571. The van der Waals surface area contributed by atoms with Gasteiger partial charge < -0.3 is 20.8 Å². The van der Waals surface area contributed by atoms with Crippen molar-refractivity contribution in [2.75, 3.05) is 6.54 Å². The molecule has 21 heavy (non-hydrogen) atoms. The van der Waals surface area contributed by atoms with E-state index in [-0.39, 0.29) is 30.0 Å². The van der Waals surface area contributed by atoms with E-state index < -0.39 is 17.5 Å². The number of rotatable bonds is 6. The summed E-state index contributed by atoms with van der Waals surface area (Å²) < 4.78 is 5.01. The summed E-state index contributed by atoms with van der Waals surface area (Å²) in [6.45, 7) is 7.70. The average Bonchev–Trinajstić information content (AvgIpc) is 2.85. The SMILES string of the molecule is CC(C)C(NC(=O)c1ccco1)C(=O)NCC(C)(C)N.Cl. The van der Waals surface area contributed by atoms with Gasteiger partial charge in [-0.15, -0.1) is 12.4 Å². The number of hydrogen-bond acceptors (Lipinski definition) is 4. The number of carbonyl (C=O) groups excluding carboxylic acids is 2. The lowest BCUT2D eigenvalue weighted by Gasteiger charge is -2.24. The van der Waals surface area contributed by atoms with Crippen LogP contribution in [0.15, 0.2) is 22.8 Å². The van der Waals surface area contributed by atoms with Crippen LogP contribution in [0.5, 0.6) is 0 Å². The number of amides is 2. The van der Waals surface area contributed by atoms with Gasteiger partial charge in [-0.1, -0.05) is 13.8 Å². The maximum atomic E-state index is 12.1. The summed E-state index contributed by atoms with van der Waals surface area (Å²) in [4.78, 5) is 24.0. The van der Waals surface area contributed by atoms with Crippen LogP contribution in [0.3, 0.4) is 0 Å². The first-order valence-electron chi connectivity index (χ1n) is 6.61. The zero-order chi connectivity index (χ0) is 15.3. The highest BCUT2D eigenvalue weighted by Crippen LogP contribution is 2.06. The molecule has 7 heteroatoms. The van der Waals surface area contributed by atoms with Crippen molar-refractivity contribution in [2.45, 2.75) is 39.3 Å². The molecule has 1 atom stereocenters. The molecule has 0 aromatic carbocycles. The third-order valence-electron chi connectivity index (χ3n) is 2.70. The fourth-order valence-electron chi connectivity index (χ4n) is 1.58. The number of nitrogens with one attached hydrogen (secondary N) is 2. The summed E-state index contributed by atoms with van der Waals surface area (Å²) in [7, 11) is 0. The highest BCUT2D eigenvalue weighted by molar-refractivity contribution is 5.95. The van der Waals surface area contributed by atoms with Crippen molar-refractivity contribution in [2.24, 2.45) is 11.7 Å². The predicted molar refractivity (Wildman–Crippen MR) is 83.3 cm³/mol. The van der Waals surface area contributed by atoms with E-state index in [9.17, 15) is 9.59 Å². The van der Waals surface area contributed by atoms with Crippen LogP contribution < -0.4 is 16.4 Å². The highest BCUT2D eigenvalue weighted by Gasteiger charge is 2.26. The quantitative estimate of drug-likeness (QED) is 0.737. The Labute approximate surface area is 131 Å². The second-order valence-corrected chi connectivity index (χ2v) is 5.88. The lowest BCUT2D eigenvalue weighted by Crippen LogP contribution is -2.53. The van der Waals surface area contributed by atoms with Gasteiger partial charge in [0.1, 0.15) is 6.04 Å². The standard InChI is InChI=1S/C14H23N3O3.ClH/c1-9(2)11(13(19)16-8-14(3,4)15)17-12(18)10-6-5-7-20-10;/h5-7,9,11H,8,15H2,1-4H3,(H,16,19)(H,17,18);1H. The van der Waals surface area contributed by atoms with Gasteiger partial charge in [0, 0.05) is 12.1 Å². The minimum atomic E-state index is -0.630. The minimum Gasteiger partial charge on any atom is -0.459 e. The molecule has 1 rings (SSSR count). The van der Waals surface area contributed by atoms with Crippen molar-refractivity contribution in [3.63, 3.8) is 0 Å². The smallest absolute Gasteiger partial charge is 0.287 e. The first-order chi connectivity index (χ1) is 9.20. The van der Waals surface area contributed by atoms with Crippen molar-refractivity contribution < 1.29 is 14.0 Å². The molecule has 0 aliphatic heterocycles. The van der Waals surface area contributed by atoms with Crippen LogP contribution in [0.4, 0.5) is 0 Å². The molecule has 120 valence electrons. The van der Waals surface area contributed by atoms with Crippen LogP contribution in [0.2, 0.25) is 0 Å². The van der Waals surface area contributed by atoms with Crippen LogP contribution in [0, 0.1) is 5.92 Å². The van der Waals surface area contributed by atoms with Crippen molar-refractivity contribution in [3.05, 3.63) is 24.2 Å². The van der Waals surface area contributed by atoms with E-state index in [0.717, 1.165) is 0 Å². The molecular weight excluding hydrogens is 294 g/mol. The lowest BCUT2D eigenvalue weighted by molar-refractivity contribution is -0.124. The molecule has 4 N–H and O–H groups in total. The Kier molecular flexibility index (Phi) is 7.46. The summed E-state index contributed by atoms with van der Waals surface area (Å²) in [5.41, 5.74) is 5.32. The number of halogens is 1. The maximum absolute atomic E-state index is 12.1. The van der Waals surface area contributed by atoms with Crippen LogP contribution in [0.1, 0.15) is 38.2 Å². The van der Waals surface area contributed by atoms with E-state index in [4.69, 9.17) is 10.2 Å². The molecule has 2 amide bonds. The Hall–Kier alpha value is -1.53. The Morgan fingerprint density at radius 3 is 2.43 bits per heavy atom. The van der Waals surface area contributed by atoms with Gasteiger partial charge in [-0.05, 0) is 31.9 Å². The van der Waals surface area contributed by atoms with Gasteiger partial charge in [0.2, 0.25) is 5.91 Å². The van der Waals surface area contributed by atoms with E-state index >= 15 is 0 Å². The van der Waals surface area contributed by atoms with E-state index in [0.29, 0.717) is 6.54 Å². The highest BCUT2D eigenvalue weighted by atomic mass is 35.5. The fourth-order valence-corrected chi connectivity index (χ4v) is 1.58. The summed E-state index contributed by atoms with van der Waals surface area (Å²) in [6.07, 6.45) is 1.41. The molecule has 6 nitrogen and oxygen atoms in total. The third kappa shape index (κ3) is 6.64. The maximum Gasteiger partial charge on any atom is 0.287 e. The summed E-state index contributed by atoms with van der Waals surface area (Å²) in [6, 6.07) is 2.54. The predicted octanol–water partition coefficient (Wildman–Crippen LogP) is 1.31. The summed E-state index contributed by atoms with van der Waals surface area (Å²) in [5.74, 6) is -0.522. The molecule has 0 spiro atoms. The first kappa shape index (κ1) is 19.5. The lowest BCUT2D eigenvalue weighted by atomic mass is 10.0. The second kappa shape index (κ2) is 8.05. The van der Waals surface area contributed by atoms with Gasteiger partial charge >= 0.3 is 0 Å². The number of carbonyl (C=O) groups is 2.